The average molecular weight is 358 g/mol. The second-order valence-corrected chi connectivity index (χ2v) is 6.24. The average Bonchev–Trinajstić information content (AvgIpc) is 2.51. The summed E-state index contributed by atoms with van der Waals surface area (Å²) in [5.41, 5.74) is 1.28. The molecule has 0 radical (unpaired) electrons. The number of allylic oxidation sites excluding steroid dienone is 1. The second-order valence-electron chi connectivity index (χ2n) is 4.19. The molecule has 1 nitrogen and oxygen atoms in total. The van der Waals surface area contributed by atoms with Crippen LogP contribution in [0, 0.1) is 0 Å². The molecule has 0 unspecified atom stereocenters. The Morgan fingerprint density at radius 1 is 1.00 bits per heavy atom. The normalized spacial score (nSPS) is 11.0. The van der Waals surface area contributed by atoms with E-state index in [0.29, 0.717) is 10.6 Å². The van der Waals surface area contributed by atoms with Crippen LogP contribution in [0.3, 0.4) is 0 Å². The molecule has 0 atom stereocenters. The molecule has 0 saturated heterocycles. The van der Waals surface area contributed by atoms with E-state index in [9.17, 15) is 4.79 Å². The highest BCUT2D eigenvalue weighted by Crippen LogP contribution is 2.33. The van der Waals surface area contributed by atoms with E-state index in [-0.39, 0.29) is 15.8 Å². The summed E-state index contributed by atoms with van der Waals surface area (Å²) in [6, 6.07) is 11.0. The molecule has 0 aliphatic carbocycles. The summed E-state index contributed by atoms with van der Waals surface area (Å²) < 4.78 is 0. The van der Waals surface area contributed by atoms with Crippen molar-refractivity contribution in [1.29, 1.82) is 0 Å². The van der Waals surface area contributed by atoms with Gasteiger partial charge in [-0.15, -0.1) is 11.8 Å². The van der Waals surface area contributed by atoms with Gasteiger partial charge < -0.3 is 0 Å². The Kier molecular flexibility index (Phi) is 5.77. The summed E-state index contributed by atoms with van der Waals surface area (Å²) in [7, 11) is 0. The zero-order valence-electron chi connectivity index (χ0n) is 11.1. The Hall–Kier alpha value is -0.930. The number of rotatable bonds is 4. The van der Waals surface area contributed by atoms with Gasteiger partial charge in [0, 0.05) is 10.5 Å². The maximum absolute atomic E-state index is 12.1. The van der Waals surface area contributed by atoms with Crippen molar-refractivity contribution in [2.24, 2.45) is 0 Å². The van der Waals surface area contributed by atoms with E-state index in [1.54, 1.807) is 30.0 Å². The molecule has 21 heavy (non-hydrogen) atoms. The largest absolute Gasteiger partial charge is 0.289 e. The first-order chi connectivity index (χ1) is 10.0. The molecule has 5 heteroatoms. The number of hydrogen-bond acceptors (Lipinski definition) is 2. The monoisotopic (exact) mass is 356 g/mol. The minimum absolute atomic E-state index is 0.177. The molecule has 2 rings (SSSR count). The number of hydrogen-bond donors (Lipinski definition) is 0. The summed E-state index contributed by atoms with van der Waals surface area (Å²) in [6.45, 7) is 0. The fraction of sp³-hybridized carbons (Fsp3) is 0.0625. The van der Waals surface area contributed by atoms with Crippen molar-refractivity contribution in [3.8, 4) is 0 Å². The number of carbonyl (C=O) groups is 1. The van der Waals surface area contributed by atoms with Crippen molar-refractivity contribution >= 4 is 58.4 Å². The van der Waals surface area contributed by atoms with Crippen LogP contribution in [0.4, 0.5) is 0 Å². The molecule has 0 N–H and O–H groups in total. The molecule has 0 fully saturated rings. The molecule has 108 valence electrons. The fourth-order valence-electron chi connectivity index (χ4n) is 1.69. The smallest absolute Gasteiger partial charge is 0.187 e. The van der Waals surface area contributed by atoms with Gasteiger partial charge in [0.2, 0.25) is 0 Å². The van der Waals surface area contributed by atoms with Crippen LogP contribution in [0.15, 0.2) is 47.4 Å². The predicted molar refractivity (Wildman–Crippen MR) is 93.1 cm³/mol. The van der Waals surface area contributed by atoms with Crippen LogP contribution < -0.4 is 0 Å². The van der Waals surface area contributed by atoms with E-state index in [1.807, 2.05) is 30.5 Å². The van der Waals surface area contributed by atoms with Gasteiger partial charge in [0.15, 0.2) is 5.78 Å². The van der Waals surface area contributed by atoms with Gasteiger partial charge in [0.25, 0.3) is 0 Å². The van der Waals surface area contributed by atoms with Crippen molar-refractivity contribution in [2.75, 3.05) is 6.26 Å². The Bertz CT molecular complexity index is 693. The molecule has 2 aromatic carbocycles. The van der Waals surface area contributed by atoms with E-state index in [1.165, 1.54) is 11.0 Å². The third-order valence-corrected chi connectivity index (χ3v) is 4.88. The lowest BCUT2D eigenvalue weighted by molar-refractivity contribution is 0.104. The molecule has 0 spiro atoms. The highest BCUT2D eigenvalue weighted by Gasteiger charge is 2.12. The first kappa shape index (κ1) is 16.4. The standard InChI is InChI=1S/C16H11Cl3OS/c1-21-11-5-2-10(3-6-11)4-9-14(20)12-7-8-13(17)16(19)15(12)18/h2-9H,1H3. The number of halogens is 3. The van der Waals surface area contributed by atoms with Gasteiger partial charge in [0.05, 0.1) is 15.1 Å². The topological polar surface area (TPSA) is 17.1 Å². The third kappa shape index (κ3) is 4.04. The van der Waals surface area contributed by atoms with E-state index in [2.05, 4.69) is 0 Å². The van der Waals surface area contributed by atoms with Gasteiger partial charge in [-0.3, -0.25) is 4.79 Å². The molecule has 0 amide bonds. The molecule has 0 aliphatic rings. The van der Waals surface area contributed by atoms with E-state index in [4.69, 9.17) is 34.8 Å². The van der Waals surface area contributed by atoms with Crippen LogP contribution in [0.1, 0.15) is 15.9 Å². The van der Waals surface area contributed by atoms with Crippen molar-refractivity contribution in [2.45, 2.75) is 4.90 Å². The van der Waals surface area contributed by atoms with Crippen molar-refractivity contribution in [1.82, 2.24) is 0 Å². The van der Waals surface area contributed by atoms with Crippen LogP contribution in [0.25, 0.3) is 6.08 Å². The van der Waals surface area contributed by atoms with Crippen LogP contribution in [0.5, 0.6) is 0 Å². The molecule has 2 aromatic rings. The maximum atomic E-state index is 12.1. The molecule has 0 aromatic heterocycles. The Morgan fingerprint density at radius 2 is 1.67 bits per heavy atom. The highest BCUT2D eigenvalue weighted by atomic mass is 35.5. The number of ketones is 1. The molecule has 0 heterocycles. The highest BCUT2D eigenvalue weighted by molar-refractivity contribution is 7.98. The van der Waals surface area contributed by atoms with Gasteiger partial charge in [0.1, 0.15) is 0 Å². The first-order valence-electron chi connectivity index (χ1n) is 6.03. The summed E-state index contributed by atoms with van der Waals surface area (Å²) in [5, 5.41) is 0.702. The molecule has 0 bridgehead atoms. The zero-order valence-corrected chi connectivity index (χ0v) is 14.2. The van der Waals surface area contributed by atoms with E-state index < -0.39 is 0 Å². The van der Waals surface area contributed by atoms with Gasteiger partial charge in [-0.05, 0) is 42.2 Å². The lowest BCUT2D eigenvalue weighted by atomic mass is 10.1. The first-order valence-corrected chi connectivity index (χ1v) is 8.38. The maximum Gasteiger partial charge on any atom is 0.187 e. The summed E-state index contributed by atoms with van der Waals surface area (Å²) in [5.74, 6) is -0.215. The van der Waals surface area contributed by atoms with Crippen molar-refractivity contribution < 1.29 is 4.79 Å². The number of carbonyl (C=O) groups excluding carboxylic acids is 1. The third-order valence-electron chi connectivity index (χ3n) is 2.84. The van der Waals surface area contributed by atoms with Gasteiger partial charge >= 0.3 is 0 Å². The zero-order chi connectivity index (χ0) is 15.4. The minimum atomic E-state index is -0.215. The van der Waals surface area contributed by atoms with Crippen molar-refractivity contribution in [3.05, 3.63) is 68.7 Å². The quantitative estimate of drug-likeness (QED) is 0.278. The van der Waals surface area contributed by atoms with Gasteiger partial charge in [-0.2, -0.15) is 0 Å². The summed E-state index contributed by atoms with van der Waals surface area (Å²) in [4.78, 5) is 13.3. The van der Waals surface area contributed by atoms with Crippen LogP contribution in [-0.2, 0) is 0 Å². The predicted octanol–water partition coefficient (Wildman–Crippen LogP) is 6.26. The molecular formula is C16H11Cl3OS. The Morgan fingerprint density at radius 3 is 2.29 bits per heavy atom. The van der Waals surface area contributed by atoms with Gasteiger partial charge in [-0.1, -0.05) is 53.0 Å². The van der Waals surface area contributed by atoms with Gasteiger partial charge in [-0.25, -0.2) is 0 Å². The molecular weight excluding hydrogens is 347 g/mol. The lowest BCUT2D eigenvalue weighted by Gasteiger charge is -2.04. The summed E-state index contributed by atoms with van der Waals surface area (Å²) >= 11 is 19.5. The fourth-order valence-corrected chi connectivity index (χ4v) is 2.73. The van der Waals surface area contributed by atoms with Crippen molar-refractivity contribution in [3.63, 3.8) is 0 Å². The number of thioether (sulfide) groups is 1. The molecule has 0 aliphatic heterocycles. The number of benzene rings is 2. The van der Waals surface area contributed by atoms with E-state index in [0.717, 1.165) is 5.56 Å². The Balaban J connectivity index is 2.21. The second kappa shape index (κ2) is 7.37. The Labute approximate surface area is 142 Å². The van der Waals surface area contributed by atoms with E-state index >= 15 is 0 Å². The SMILES string of the molecule is CSc1ccc(C=CC(=O)c2ccc(Cl)c(Cl)c2Cl)cc1. The summed E-state index contributed by atoms with van der Waals surface area (Å²) in [6.07, 6.45) is 5.23. The van der Waals surface area contributed by atoms with Crippen LogP contribution in [0.2, 0.25) is 15.1 Å². The molecule has 0 saturated carbocycles. The van der Waals surface area contributed by atoms with Crippen LogP contribution >= 0.6 is 46.6 Å². The lowest BCUT2D eigenvalue weighted by Crippen LogP contribution is -1.96. The minimum Gasteiger partial charge on any atom is -0.289 e. The van der Waals surface area contributed by atoms with Crippen LogP contribution in [-0.4, -0.2) is 12.0 Å².